The van der Waals surface area contributed by atoms with Gasteiger partial charge in [-0.2, -0.15) is 12.1 Å². The molecule has 0 aliphatic carbocycles. The summed E-state index contributed by atoms with van der Waals surface area (Å²) in [5.74, 6) is 0. The molecular formula is C9H6NPtS-. The summed E-state index contributed by atoms with van der Waals surface area (Å²) in [5.41, 5.74) is 1.00. The molecule has 3 heteroatoms. The van der Waals surface area contributed by atoms with Crippen LogP contribution in [0.2, 0.25) is 0 Å². The summed E-state index contributed by atoms with van der Waals surface area (Å²) in [6.45, 7) is 0. The van der Waals surface area contributed by atoms with Crippen LogP contribution >= 0.6 is 11.3 Å². The van der Waals surface area contributed by atoms with E-state index in [9.17, 15) is 0 Å². The maximum Gasteiger partial charge on any atom is 0.0124 e. The van der Waals surface area contributed by atoms with Crippen LogP contribution in [0.3, 0.4) is 0 Å². The molecule has 2 rings (SSSR count). The molecule has 0 amide bonds. The van der Waals surface area contributed by atoms with Gasteiger partial charge < -0.3 is 4.98 Å². The van der Waals surface area contributed by atoms with E-state index in [2.05, 4.69) is 11.1 Å². The van der Waals surface area contributed by atoms with E-state index >= 15 is 0 Å². The van der Waals surface area contributed by atoms with Gasteiger partial charge in [-0.1, -0.05) is 17.0 Å². The zero-order chi connectivity index (χ0) is 7.52. The van der Waals surface area contributed by atoms with E-state index in [4.69, 9.17) is 0 Å². The molecule has 12 heavy (non-hydrogen) atoms. The first kappa shape index (κ1) is 9.62. The van der Waals surface area contributed by atoms with Gasteiger partial charge in [-0.3, -0.25) is 0 Å². The van der Waals surface area contributed by atoms with E-state index < -0.39 is 0 Å². The summed E-state index contributed by atoms with van der Waals surface area (Å²) < 4.78 is 0. The summed E-state index contributed by atoms with van der Waals surface area (Å²) in [5, 5.41) is 2.00. The van der Waals surface area contributed by atoms with Crippen molar-refractivity contribution in [3.63, 3.8) is 0 Å². The van der Waals surface area contributed by atoms with E-state index in [1.807, 2.05) is 29.6 Å². The zero-order valence-electron chi connectivity index (χ0n) is 6.14. The Kier molecular flexibility index (Phi) is 3.64. The van der Waals surface area contributed by atoms with Gasteiger partial charge in [0.05, 0.1) is 0 Å². The van der Waals surface area contributed by atoms with Crippen molar-refractivity contribution in [2.45, 2.75) is 0 Å². The third-order valence-electron chi connectivity index (χ3n) is 1.37. The summed E-state index contributed by atoms with van der Waals surface area (Å²) >= 11 is 1.66. The molecule has 2 aromatic heterocycles. The average Bonchev–Trinajstić information content (AvgIpc) is 2.58. The molecule has 0 aromatic carbocycles. The fraction of sp³-hybridized carbons (Fsp3) is 0. The number of aromatic nitrogens is 1. The molecule has 0 fully saturated rings. The molecule has 0 atom stereocenters. The molecule has 64 valence electrons. The second-order valence-electron chi connectivity index (χ2n) is 2.11. The minimum Gasteiger partial charge on any atom is -0.319 e. The maximum atomic E-state index is 4.20. The van der Waals surface area contributed by atoms with Gasteiger partial charge in [-0.05, 0) is 11.8 Å². The normalized spacial score (nSPS) is 9.00. The molecule has 0 bridgehead atoms. The van der Waals surface area contributed by atoms with Crippen molar-refractivity contribution in [1.29, 1.82) is 0 Å². The van der Waals surface area contributed by atoms with E-state index in [1.54, 1.807) is 17.5 Å². The first-order valence-electron chi connectivity index (χ1n) is 3.33. The largest absolute Gasteiger partial charge is 0.319 e. The summed E-state index contributed by atoms with van der Waals surface area (Å²) in [6.07, 6.45) is 1.79. The van der Waals surface area contributed by atoms with Crippen LogP contribution in [0.1, 0.15) is 0 Å². The Morgan fingerprint density at radius 2 is 2.25 bits per heavy atom. The van der Waals surface area contributed by atoms with Gasteiger partial charge in [0, 0.05) is 27.3 Å². The van der Waals surface area contributed by atoms with Crippen LogP contribution in [-0.4, -0.2) is 4.98 Å². The van der Waals surface area contributed by atoms with E-state index in [1.165, 1.54) is 0 Å². The first-order chi connectivity index (χ1) is 5.47. The molecular weight excluding hydrogens is 349 g/mol. The summed E-state index contributed by atoms with van der Waals surface area (Å²) in [7, 11) is 0. The predicted molar refractivity (Wildman–Crippen MR) is 46.4 cm³/mol. The van der Waals surface area contributed by atoms with E-state index in [-0.39, 0.29) is 21.1 Å². The fourth-order valence-corrected chi connectivity index (χ4v) is 1.53. The van der Waals surface area contributed by atoms with Gasteiger partial charge in [0.15, 0.2) is 0 Å². The Morgan fingerprint density at radius 1 is 1.33 bits per heavy atom. The van der Waals surface area contributed by atoms with Crippen LogP contribution in [0, 0.1) is 6.07 Å². The minimum absolute atomic E-state index is 0. The quantitative estimate of drug-likeness (QED) is 0.717. The van der Waals surface area contributed by atoms with Gasteiger partial charge in [0.25, 0.3) is 0 Å². The van der Waals surface area contributed by atoms with Crippen molar-refractivity contribution >= 4 is 11.3 Å². The molecule has 0 aliphatic rings. The van der Waals surface area contributed by atoms with Crippen LogP contribution in [0.25, 0.3) is 10.6 Å². The van der Waals surface area contributed by atoms with Crippen molar-refractivity contribution < 1.29 is 21.1 Å². The number of thiophene rings is 1. The van der Waals surface area contributed by atoms with Crippen LogP contribution in [-0.2, 0) is 21.1 Å². The Hall–Kier alpha value is -0.462. The van der Waals surface area contributed by atoms with Crippen LogP contribution in [0.4, 0.5) is 0 Å². The maximum absolute atomic E-state index is 4.20. The standard InChI is InChI=1S/C9H6NS.Pt/c1-2-6-10-8(4-1)9-5-3-7-11-9;/h1-4,6-7H;/q-1;. The van der Waals surface area contributed by atoms with E-state index in [0.29, 0.717) is 0 Å². The molecule has 0 saturated carbocycles. The van der Waals surface area contributed by atoms with Crippen LogP contribution in [0.5, 0.6) is 0 Å². The van der Waals surface area contributed by atoms with Gasteiger partial charge in [-0.25, -0.2) is 11.3 Å². The first-order valence-corrected chi connectivity index (χ1v) is 4.21. The molecule has 0 N–H and O–H groups in total. The summed E-state index contributed by atoms with van der Waals surface area (Å²) in [6, 6.07) is 10.9. The Bertz CT molecular complexity index is 318. The summed E-state index contributed by atoms with van der Waals surface area (Å²) in [4.78, 5) is 5.30. The van der Waals surface area contributed by atoms with Gasteiger partial charge in [0.2, 0.25) is 0 Å². The molecule has 2 aromatic rings. The molecule has 0 saturated heterocycles. The second-order valence-corrected chi connectivity index (χ2v) is 3.03. The van der Waals surface area contributed by atoms with Crippen molar-refractivity contribution in [2.75, 3.05) is 0 Å². The van der Waals surface area contributed by atoms with E-state index in [0.717, 1.165) is 10.6 Å². The molecule has 0 radical (unpaired) electrons. The molecule has 0 spiro atoms. The number of hydrogen-bond donors (Lipinski definition) is 0. The van der Waals surface area contributed by atoms with Gasteiger partial charge in [0.1, 0.15) is 0 Å². The van der Waals surface area contributed by atoms with Gasteiger partial charge in [-0.15, -0.1) is 5.38 Å². The molecule has 2 heterocycles. The zero-order valence-corrected chi connectivity index (χ0v) is 9.22. The Balaban J connectivity index is 0.000000720. The predicted octanol–water partition coefficient (Wildman–Crippen LogP) is 2.61. The SMILES string of the molecule is [Pt].[c-]1ccsc1-c1ccccn1. The fourth-order valence-electron chi connectivity index (χ4n) is 0.877. The molecule has 0 unspecified atom stereocenters. The molecule has 1 nitrogen and oxygen atoms in total. The average molecular weight is 355 g/mol. The number of rotatable bonds is 1. The number of pyridine rings is 1. The third kappa shape index (κ3) is 2.02. The van der Waals surface area contributed by atoms with Crippen LogP contribution < -0.4 is 0 Å². The second kappa shape index (κ2) is 4.54. The smallest absolute Gasteiger partial charge is 0.0124 e. The van der Waals surface area contributed by atoms with Crippen molar-refractivity contribution in [2.24, 2.45) is 0 Å². The third-order valence-corrected chi connectivity index (χ3v) is 2.20. The van der Waals surface area contributed by atoms with Crippen molar-refractivity contribution in [3.8, 4) is 10.6 Å². The minimum atomic E-state index is 0. The molecule has 0 aliphatic heterocycles. The van der Waals surface area contributed by atoms with Crippen molar-refractivity contribution in [1.82, 2.24) is 4.98 Å². The van der Waals surface area contributed by atoms with Gasteiger partial charge >= 0.3 is 0 Å². The Morgan fingerprint density at radius 3 is 2.83 bits per heavy atom. The number of nitrogens with zero attached hydrogens (tertiary/aromatic N) is 1. The Labute approximate surface area is 89.7 Å². The monoisotopic (exact) mass is 355 g/mol. The van der Waals surface area contributed by atoms with Crippen LogP contribution in [0.15, 0.2) is 35.8 Å². The van der Waals surface area contributed by atoms with Crippen molar-refractivity contribution in [3.05, 3.63) is 41.9 Å². The topological polar surface area (TPSA) is 12.9 Å². The number of hydrogen-bond acceptors (Lipinski definition) is 2.